The molecule has 2 aromatic rings. The lowest BCUT2D eigenvalue weighted by Crippen LogP contribution is -2.34. The lowest BCUT2D eigenvalue weighted by molar-refractivity contribution is -0.137. The predicted octanol–water partition coefficient (Wildman–Crippen LogP) is 3.42. The second-order valence-electron chi connectivity index (χ2n) is 5.42. The van der Waals surface area contributed by atoms with Crippen molar-refractivity contribution < 1.29 is 35.9 Å². The van der Waals surface area contributed by atoms with Gasteiger partial charge in [-0.1, -0.05) is 18.2 Å². The van der Waals surface area contributed by atoms with Gasteiger partial charge in [-0.2, -0.15) is 13.2 Å². The molecular weight excluding hydrogens is 378 g/mol. The van der Waals surface area contributed by atoms with Gasteiger partial charge in [0.05, 0.1) is 24.2 Å². The highest BCUT2D eigenvalue weighted by Gasteiger charge is 2.30. The van der Waals surface area contributed by atoms with Gasteiger partial charge in [-0.3, -0.25) is 9.59 Å². The Hall–Kier alpha value is -3.04. The molecule has 10 heteroatoms. The number of amides is 2. The number of halogens is 6. The van der Waals surface area contributed by atoms with Crippen molar-refractivity contribution in [3.63, 3.8) is 0 Å². The molecule has 2 amide bonds. The normalized spacial score (nSPS) is 11.2. The quantitative estimate of drug-likeness (QED) is 0.607. The fraction of sp³-hybridized carbons (Fsp3) is 0.176. The second kappa shape index (κ2) is 8.11. The fourth-order valence-corrected chi connectivity index (χ4v) is 2.10. The Labute approximate surface area is 149 Å². The molecule has 0 spiro atoms. The number of nitrogens with one attached hydrogen (secondary N) is 2. The number of anilines is 1. The minimum absolute atomic E-state index is 0.0781. The molecule has 0 heterocycles. The van der Waals surface area contributed by atoms with Gasteiger partial charge in [0.15, 0.2) is 17.5 Å². The van der Waals surface area contributed by atoms with Gasteiger partial charge in [0.2, 0.25) is 11.8 Å². The molecule has 0 aliphatic heterocycles. The molecule has 27 heavy (non-hydrogen) atoms. The third-order valence-electron chi connectivity index (χ3n) is 3.37. The highest BCUT2D eigenvalue weighted by molar-refractivity contribution is 5.94. The number of hydrogen-bond acceptors (Lipinski definition) is 2. The summed E-state index contributed by atoms with van der Waals surface area (Å²) in [7, 11) is 0. The van der Waals surface area contributed by atoms with E-state index in [0.717, 1.165) is 24.3 Å². The average molecular weight is 390 g/mol. The van der Waals surface area contributed by atoms with Crippen LogP contribution in [0, 0.1) is 17.5 Å². The van der Waals surface area contributed by atoms with E-state index in [2.05, 4.69) is 5.32 Å². The zero-order valence-corrected chi connectivity index (χ0v) is 13.5. The molecule has 0 aliphatic carbocycles. The monoisotopic (exact) mass is 390 g/mol. The Balaban J connectivity index is 1.90. The number of benzene rings is 2. The van der Waals surface area contributed by atoms with Gasteiger partial charge in [0.25, 0.3) is 0 Å². The molecule has 2 N–H and O–H groups in total. The third-order valence-corrected chi connectivity index (χ3v) is 3.37. The van der Waals surface area contributed by atoms with E-state index >= 15 is 0 Å². The summed E-state index contributed by atoms with van der Waals surface area (Å²) in [5, 5.41) is 4.07. The lowest BCUT2D eigenvalue weighted by Gasteiger charge is -2.10. The van der Waals surface area contributed by atoms with E-state index in [4.69, 9.17) is 0 Å². The molecule has 0 aliphatic rings. The summed E-state index contributed by atoms with van der Waals surface area (Å²) in [6.07, 6.45) is -4.97. The Morgan fingerprint density at radius 3 is 2.30 bits per heavy atom. The third kappa shape index (κ3) is 5.47. The molecule has 0 atom stereocenters. The van der Waals surface area contributed by atoms with Crippen LogP contribution in [0.25, 0.3) is 0 Å². The number of alkyl halides is 3. The van der Waals surface area contributed by atoms with E-state index in [1.54, 1.807) is 0 Å². The maximum absolute atomic E-state index is 13.4. The first-order chi connectivity index (χ1) is 12.6. The van der Waals surface area contributed by atoms with Crippen molar-refractivity contribution in [2.24, 2.45) is 0 Å². The first-order valence-corrected chi connectivity index (χ1v) is 7.44. The van der Waals surface area contributed by atoms with E-state index in [1.165, 1.54) is 6.07 Å². The number of carbonyl (C=O) groups excluding carboxylic acids is 2. The smallest absolute Gasteiger partial charge is 0.347 e. The number of carbonyl (C=O) groups is 2. The molecule has 144 valence electrons. The molecule has 4 nitrogen and oxygen atoms in total. The summed E-state index contributed by atoms with van der Waals surface area (Å²) >= 11 is 0. The predicted molar refractivity (Wildman–Crippen MR) is 83.1 cm³/mol. The van der Waals surface area contributed by atoms with Crippen molar-refractivity contribution in [3.05, 3.63) is 65.0 Å². The van der Waals surface area contributed by atoms with Gasteiger partial charge in [-0.05, 0) is 23.8 Å². The fourth-order valence-electron chi connectivity index (χ4n) is 2.10. The summed E-state index contributed by atoms with van der Waals surface area (Å²) in [5.74, 6) is -6.48. The lowest BCUT2D eigenvalue weighted by atomic mass is 10.1. The Kier molecular flexibility index (Phi) is 6.09. The van der Waals surface area contributed by atoms with Crippen LogP contribution in [-0.2, 0) is 22.2 Å². The van der Waals surface area contributed by atoms with E-state index in [0.29, 0.717) is 6.07 Å². The minimum atomic E-state index is -4.55. The summed E-state index contributed by atoms with van der Waals surface area (Å²) in [5.41, 5.74) is -1.46. The molecule has 0 unspecified atom stereocenters. The largest absolute Gasteiger partial charge is 0.416 e. The molecular formula is C17H12F6N2O2. The maximum atomic E-state index is 13.4. The van der Waals surface area contributed by atoms with E-state index in [-0.39, 0.29) is 5.56 Å². The standard InChI is InChI=1S/C17H12F6N2O2/c18-11-4-5-12(16(20)15(11)19)25-14(27)8-24-13(26)7-9-2-1-3-10(6-9)17(21,22)23/h1-6H,7-8H2,(H,24,26)(H,25,27). The van der Waals surface area contributed by atoms with Gasteiger partial charge >= 0.3 is 6.18 Å². The van der Waals surface area contributed by atoms with E-state index in [9.17, 15) is 35.9 Å². The van der Waals surface area contributed by atoms with Crippen LogP contribution < -0.4 is 10.6 Å². The highest BCUT2D eigenvalue weighted by atomic mass is 19.4. The minimum Gasteiger partial charge on any atom is -0.347 e. The van der Waals surface area contributed by atoms with Gasteiger partial charge in [0, 0.05) is 0 Å². The number of hydrogen-bond donors (Lipinski definition) is 2. The Morgan fingerprint density at radius 2 is 1.63 bits per heavy atom. The molecule has 0 fully saturated rings. The molecule has 0 radical (unpaired) electrons. The summed E-state index contributed by atoms with van der Waals surface area (Å²) in [6.45, 7) is -0.643. The summed E-state index contributed by atoms with van der Waals surface area (Å²) in [6, 6.07) is 5.52. The number of rotatable bonds is 5. The average Bonchev–Trinajstić information content (AvgIpc) is 2.60. The molecule has 0 bridgehead atoms. The van der Waals surface area contributed by atoms with Crippen LogP contribution in [0.15, 0.2) is 36.4 Å². The van der Waals surface area contributed by atoms with Crippen molar-refractivity contribution in [1.29, 1.82) is 0 Å². The van der Waals surface area contributed by atoms with Crippen LogP contribution in [0.5, 0.6) is 0 Å². The SMILES string of the molecule is O=C(Cc1cccc(C(F)(F)F)c1)NCC(=O)Nc1ccc(F)c(F)c1F. The van der Waals surface area contributed by atoms with Gasteiger partial charge < -0.3 is 10.6 Å². The van der Waals surface area contributed by atoms with Crippen LogP contribution in [0.3, 0.4) is 0 Å². The first-order valence-electron chi connectivity index (χ1n) is 7.44. The van der Waals surface area contributed by atoms with Crippen molar-refractivity contribution in [3.8, 4) is 0 Å². The van der Waals surface area contributed by atoms with Crippen molar-refractivity contribution in [2.75, 3.05) is 11.9 Å². The topological polar surface area (TPSA) is 58.2 Å². The molecule has 2 rings (SSSR count). The van der Waals surface area contributed by atoms with Crippen LogP contribution in [0.2, 0.25) is 0 Å². The Morgan fingerprint density at radius 1 is 0.926 bits per heavy atom. The molecule has 0 saturated carbocycles. The van der Waals surface area contributed by atoms with Crippen LogP contribution in [-0.4, -0.2) is 18.4 Å². The van der Waals surface area contributed by atoms with Crippen LogP contribution in [0.4, 0.5) is 32.0 Å². The van der Waals surface area contributed by atoms with Crippen molar-refractivity contribution >= 4 is 17.5 Å². The van der Waals surface area contributed by atoms with Gasteiger partial charge in [-0.25, -0.2) is 13.2 Å². The van der Waals surface area contributed by atoms with Gasteiger partial charge in [-0.15, -0.1) is 0 Å². The molecule has 0 saturated heterocycles. The highest BCUT2D eigenvalue weighted by Crippen LogP contribution is 2.29. The summed E-state index contributed by atoms with van der Waals surface area (Å²) in [4.78, 5) is 23.4. The zero-order valence-electron chi connectivity index (χ0n) is 13.5. The van der Waals surface area contributed by atoms with Crippen LogP contribution in [0.1, 0.15) is 11.1 Å². The van der Waals surface area contributed by atoms with E-state index < -0.39 is 59.7 Å². The van der Waals surface area contributed by atoms with Crippen molar-refractivity contribution in [2.45, 2.75) is 12.6 Å². The van der Waals surface area contributed by atoms with E-state index in [1.807, 2.05) is 5.32 Å². The molecule has 0 aromatic heterocycles. The maximum Gasteiger partial charge on any atom is 0.416 e. The molecule has 2 aromatic carbocycles. The second-order valence-corrected chi connectivity index (χ2v) is 5.42. The van der Waals surface area contributed by atoms with Gasteiger partial charge in [0.1, 0.15) is 0 Å². The zero-order chi connectivity index (χ0) is 20.2. The van der Waals surface area contributed by atoms with Crippen molar-refractivity contribution in [1.82, 2.24) is 5.32 Å². The summed E-state index contributed by atoms with van der Waals surface area (Å²) < 4.78 is 77.2. The first kappa shape index (κ1) is 20.3. The Bertz CT molecular complexity index is 867. The van der Waals surface area contributed by atoms with Crippen LogP contribution >= 0.6 is 0 Å².